The Morgan fingerprint density at radius 2 is 1.54 bits per heavy atom. The van der Waals surface area contributed by atoms with E-state index in [1.54, 1.807) is 42.5 Å². The summed E-state index contributed by atoms with van der Waals surface area (Å²) in [5, 5.41) is 3.34. The van der Waals surface area contributed by atoms with Crippen LogP contribution in [0.3, 0.4) is 0 Å². The van der Waals surface area contributed by atoms with Crippen LogP contribution >= 0.6 is 0 Å². The van der Waals surface area contributed by atoms with E-state index in [0.29, 0.717) is 5.75 Å². The molecule has 12 heteroatoms. The van der Waals surface area contributed by atoms with Gasteiger partial charge in [0.25, 0.3) is 20.0 Å². The van der Waals surface area contributed by atoms with Gasteiger partial charge in [-0.15, -0.1) is 0 Å². The van der Waals surface area contributed by atoms with Crippen molar-refractivity contribution in [1.82, 2.24) is 5.32 Å². The van der Waals surface area contributed by atoms with Crippen LogP contribution in [0.4, 0.5) is 17.1 Å². The predicted molar refractivity (Wildman–Crippen MR) is 144 cm³/mol. The zero-order valence-corrected chi connectivity index (χ0v) is 22.2. The predicted octanol–water partition coefficient (Wildman–Crippen LogP) is 3.11. The number of nitrogens with one attached hydrogen (secondary N) is 3. The van der Waals surface area contributed by atoms with Crippen molar-refractivity contribution >= 4 is 37.1 Å². The van der Waals surface area contributed by atoms with Crippen LogP contribution < -0.4 is 29.1 Å². The highest BCUT2D eigenvalue weighted by Crippen LogP contribution is 2.34. The first-order valence-corrected chi connectivity index (χ1v) is 14.6. The first kappa shape index (κ1) is 26.6. The second-order valence-electron chi connectivity index (χ2n) is 8.36. The Balaban J connectivity index is 1.76. The number of hydrogen-bond donors (Lipinski definition) is 3. The number of ether oxygens (including phenoxy) is 2. The third kappa shape index (κ3) is 6.27. The molecule has 198 valence electrons. The third-order valence-corrected chi connectivity index (χ3v) is 8.68. The van der Waals surface area contributed by atoms with Crippen molar-refractivity contribution in [1.29, 1.82) is 0 Å². The number of methoxy groups -OCH3 is 2. The van der Waals surface area contributed by atoms with E-state index < -0.39 is 20.0 Å². The summed E-state index contributed by atoms with van der Waals surface area (Å²) in [6.07, 6.45) is 0.926. The maximum atomic E-state index is 13.4. The molecule has 1 heterocycles. The molecule has 0 atom stereocenters. The molecular formula is C25H30N4O6S2. The first-order chi connectivity index (χ1) is 17.7. The average Bonchev–Trinajstić information content (AvgIpc) is 3.19. The van der Waals surface area contributed by atoms with Gasteiger partial charge in [-0.1, -0.05) is 18.2 Å². The molecule has 3 aromatic carbocycles. The van der Waals surface area contributed by atoms with Gasteiger partial charge in [-0.2, -0.15) is 0 Å². The standard InChI is InChI=1S/C25H30N4O6S2/c1-34-20-10-12-24(35-2)25(18-20)37(32,33)27-22-11-9-19(29-15-6-13-26-14-16-29)17-23(22)28-36(30,31)21-7-4-3-5-8-21/h3-5,7-12,17-18,26-28H,6,13-16H2,1-2H3. The normalized spacial score (nSPS) is 14.5. The fourth-order valence-electron chi connectivity index (χ4n) is 4.00. The lowest BCUT2D eigenvalue weighted by atomic mass is 10.2. The molecule has 0 unspecified atom stereocenters. The van der Waals surface area contributed by atoms with Gasteiger partial charge in [0.05, 0.1) is 30.5 Å². The second-order valence-corrected chi connectivity index (χ2v) is 11.7. The molecule has 1 aliphatic rings. The van der Waals surface area contributed by atoms with Gasteiger partial charge in [-0.3, -0.25) is 9.44 Å². The van der Waals surface area contributed by atoms with E-state index in [9.17, 15) is 16.8 Å². The molecule has 4 rings (SSSR count). The van der Waals surface area contributed by atoms with Crippen LogP contribution in [0.15, 0.2) is 76.5 Å². The maximum Gasteiger partial charge on any atom is 0.265 e. The lowest BCUT2D eigenvalue weighted by Crippen LogP contribution is -2.28. The Labute approximate surface area is 217 Å². The average molecular weight is 547 g/mol. The smallest absolute Gasteiger partial charge is 0.265 e. The Bertz CT molecular complexity index is 1440. The minimum Gasteiger partial charge on any atom is -0.497 e. The third-order valence-electron chi connectivity index (χ3n) is 5.91. The van der Waals surface area contributed by atoms with Crippen LogP contribution in [0, 0.1) is 0 Å². The highest BCUT2D eigenvalue weighted by molar-refractivity contribution is 7.93. The van der Waals surface area contributed by atoms with Crippen molar-refractivity contribution in [2.75, 3.05) is 54.7 Å². The molecule has 0 amide bonds. The zero-order valence-electron chi connectivity index (χ0n) is 20.6. The van der Waals surface area contributed by atoms with E-state index >= 15 is 0 Å². The lowest BCUT2D eigenvalue weighted by molar-refractivity contribution is 0.392. The van der Waals surface area contributed by atoms with Gasteiger partial charge in [-0.25, -0.2) is 16.8 Å². The van der Waals surface area contributed by atoms with E-state index in [1.807, 2.05) is 0 Å². The first-order valence-electron chi connectivity index (χ1n) is 11.7. The molecule has 1 saturated heterocycles. The fourth-order valence-corrected chi connectivity index (χ4v) is 6.36. The molecule has 0 bridgehead atoms. The summed E-state index contributed by atoms with van der Waals surface area (Å²) in [5.41, 5.74) is 0.946. The van der Waals surface area contributed by atoms with E-state index in [2.05, 4.69) is 19.7 Å². The summed E-state index contributed by atoms with van der Waals surface area (Å²) >= 11 is 0. The van der Waals surface area contributed by atoms with Crippen molar-refractivity contribution in [3.63, 3.8) is 0 Å². The molecule has 0 aliphatic carbocycles. The van der Waals surface area contributed by atoms with Crippen LogP contribution in [0.2, 0.25) is 0 Å². The number of nitrogens with zero attached hydrogens (tertiary/aromatic N) is 1. The molecule has 1 fully saturated rings. The summed E-state index contributed by atoms with van der Waals surface area (Å²) < 4.78 is 68.7. The van der Waals surface area contributed by atoms with Gasteiger partial charge in [0, 0.05) is 31.4 Å². The number of sulfonamides is 2. The van der Waals surface area contributed by atoms with Crippen molar-refractivity contribution in [2.24, 2.45) is 0 Å². The molecule has 0 aromatic heterocycles. The molecule has 0 radical (unpaired) electrons. The van der Waals surface area contributed by atoms with Crippen molar-refractivity contribution in [3.8, 4) is 11.5 Å². The van der Waals surface area contributed by atoms with Crippen molar-refractivity contribution < 1.29 is 26.3 Å². The number of anilines is 3. The van der Waals surface area contributed by atoms with E-state index in [0.717, 1.165) is 38.3 Å². The van der Waals surface area contributed by atoms with Gasteiger partial charge in [0.2, 0.25) is 0 Å². The van der Waals surface area contributed by atoms with Gasteiger partial charge < -0.3 is 19.7 Å². The minimum absolute atomic E-state index is 0.0580. The van der Waals surface area contributed by atoms with Gasteiger partial charge >= 0.3 is 0 Å². The largest absolute Gasteiger partial charge is 0.497 e. The Morgan fingerprint density at radius 1 is 0.784 bits per heavy atom. The highest BCUT2D eigenvalue weighted by atomic mass is 32.2. The SMILES string of the molecule is COc1ccc(OC)c(S(=O)(=O)Nc2ccc(N3CCCNCC3)cc2NS(=O)(=O)c2ccccc2)c1. The highest BCUT2D eigenvalue weighted by Gasteiger charge is 2.24. The van der Waals surface area contributed by atoms with E-state index in [4.69, 9.17) is 9.47 Å². The summed E-state index contributed by atoms with van der Waals surface area (Å²) in [6.45, 7) is 3.19. The molecule has 3 aromatic rings. The van der Waals surface area contributed by atoms with E-state index in [-0.39, 0.29) is 26.9 Å². The van der Waals surface area contributed by atoms with Crippen LogP contribution in [0.1, 0.15) is 6.42 Å². The minimum atomic E-state index is -4.19. The molecule has 1 aliphatic heterocycles. The summed E-state index contributed by atoms with van der Waals surface area (Å²) in [4.78, 5) is 2.04. The van der Waals surface area contributed by atoms with Crippen LogP contribution in [-0.2, 0) is 20.0 Å². The molecule has 10 nitrogen and oxygen atoms in total. The number of rotatable bonds is 9. The number of hydrogen-bond acceptors (Lipinski definition) is 8. The second kappa shape index (κ2) is 11.3. The topological polar surface area (TPSA) is 126 Å². The van der Waals surface area contributed by atoms with Gasteiger partial charge in [-0.05, 0) is 55.4 Å². The summed E-state index contributed by atoms with van der Waals surface area (Å²) in [5.74, 6) is 0.449. The lowest BCUT2D eigenvalue weighted by Gasteiger charge is -2.24. The fraction of sp³-hybridized carbons (Fsp3) is 0.280. The molecule has 0 saturated carbocycles. The molecule has 0 spiro atoms. The number of benzene rings is 3. The maximum absolute atomic E-state index is 13.4. The monoisotopic (exact) mass is 546 g/mol. The van der Waals surface area contributed by atoms with Crippen molar-refractivity contribution in [3.05, 3.63) is 66.7 Å². The summed E-state index contributed by atoms with van der Waals surface area (Å²) in [7, 11) is -5.39. The zero-order chi connectivity index (χ0) is 26.5. The molecular weight excluding hydrogens is 516 g/mol. The quantitative estimate of drug-likeness (QED) is 0.374. The summed E-state index contributed by atoms with van der Waals surface area (Å²) in [6, 6.07) is 17.3. The van der Waals surface area contributed by atoms with Crippen LogP contribution in [0.5, 0.6) is 11.5 Å². The van der Waals surface area contributed by atoms with Crippen LogP contribution in [-0.4, -0.2) is 57.2 Å². The van der Waals surface area contributed by atoms with Crippen LogP contribution in [0.25, 0.3) is 0 Å². The Morgan fingerprint density at radius 3 is 2.27 bits per heavy atom. The van der Waals surface area contributed by atoms with Gasteiger partial charge in [0.1, 0.15) is 16.4 Å². The van der Waals surface area contributed by atoms with Crippen molar-refractivity contribution in [2.45, 2.75) is 16.2 Å². The van der Waals surface area contributed by atoms with E-state index in [1.165, 1.54) is 38.5 Å². The Hall–Kier alpha value is -3.48. The Kier molecular flexibility index (Phi) is 8.10. The van der Waals surface area contributed by atoms with Gasteiger partial charge in [0.15, 0.2) is 0 Å². The molecule has 3 N–H and O–H groups in total. The molecule has 37 heavy (non-hydrogen) atoms.